The number of alkyl halides is 2. The van der Waals surface area contributed by atoms with Crippen molar-refractivity contribution in [3.63, 3.8) is 0 Å². The van der Waals surface area contributed by atoms with E-state index >= 15 is 0 Å². The van der Waals surface area contributed by atoms with Crippen molar-refractivity contribution < 1.29 is 18.6 Å². The van der Waals surface area contributed by atoms with Crippen LogP contribution in [-0.4, -0.2) is 21.5 Å². The summed E-state index contributed by atoms with van der Waals surface area (Å²) < 4.78 is 30.7. The first-order chi connectivity index (χ1) is 12.0. The number of ether oxygens (including phenoxy) is 1. The number of nitrogens with zero attached hydrogens (tertiary/aromatic N) is 2. The summed E-state index contributed by atoms with van der Waals surface area (Å²) in [5.74, 6) is 0.159. The van der Waals surface area contributed by atoms with Crippen molar-refractivity contribution >= 4 is 0 Å². The van der Waals surface area contributed by atoms with Crippen molar-refractivity contribution in [1.29, 1.82) is 0 Å². The topological polar surface area (TPSA) is 47.3 Å². The number of aliphatic hydroxyl groups is 1. The van der Waals surface area contributed by atoms with Gasteiger partial charge >= 0.3 is 6.61 Å². The van der Waals surface area contributed by atoms with Crippen LogP contribution in [0.2, 0.25) is 0 Å². The third kappa shape index (κ3) is 4.22. The summed E-state index contributed by atoms with van der Waals surface area (Å²) in [6.07, 6.45) is 3.44. The van der Waals surface area contributed by atoms with Crippen LogP contribution in [-0.2, 0) is 13.2 Å². The first-order valence-corrected chi connectivity index (χ1v) is 7.82. The molecular weight excluding hydrogens is 326 g/mol. The van der Waals surface area contributed by atoms with Crippen molar-refractivity contribution in [2.75, 3.05) is 0 Å². The molecule has 1 N–H and O–H groups in total. The summed E-state index contributed by atoms with van der Waals surface area (Å²) in [7, 11) is 0. The molecule has 0 aliphatic rings. The van der Waals surface area contributed by atoms with Crippen molar-refractivity contribution in [1.82, 2.24) is 9.78 Å². The van der Waals surface area contributed by atoms with Crippen molar-refractivity contribution in [2.24, 2.45) is 0 Å². The molecule has 0 amide bonds. The molecule has 0 bridgehead atoms. The molecular formula is C19H18F2N2O2. The van der Waals surface area contributed by atoms with Gasteiger partial charge in [0.1, 0.15) is 5.75 Å². The Morgan fingerprint density at radius 3 is 2.48 bits per heavy atom. The number of hydrogen-bond donors (Lipinski definition) is 1. The van der Waals surface area contributed by atoms with Crippen LogP contribution in [0.25, 0.3) is 11.1 Å². The first kappa shape index (κ1) is 17.1. The van der Waals surface area contributed by atoms with E-state index in [1.54, 1.807) is 35.3 Å². The Bertz CT molecular complexity index is 845. The van der Waals surface area contributed by atoms with Crippen molar-refractivity contribution in [3.05, 3.63) is 71.5 Å². The van der Waals surface area contributed by atoms with Gasteiger partial charge in [0, 0.05) is 11.8 Å². The molecule has 3 rings (SSSR count). The van der Waals surface area contributed by atoms with Gasteiger partial charge in [-0.2, -0.15) is 13.9 Å². The molecule has 0 unspecified atom stereocenters. The van der Waals surface area contributed by atoms with Gasteiger partial charge in [0.05, 0.1) is 19.3 Å². The van der Waals surface area contributed by atoms with E-state index in [2.05, 4.69) is 9.84 Å². The Labute approximate surface area is 144 Å². The summed E-state index contributed by atoms with van der Waals surface area (Å²) in [6.45, 7) is -0.371. The van der Waals surface area contributed by atoms with Gasteiger partial charge in [0.2, 0.25) is 0 Å². The van der Waals surface area contributed by atoms with Crippen molar-refractivity contribution in [2.45, 2.75) is 26.7 Å². The molecule has 3 aromatic rings. The molecule has 0 saturated heterocycles. The lowest BCUT2D eigenvalue weighted by molar-refractivity contribution is -0.0498. The van der Waals surface area contributed by atoms with Gasteiger partial charge in [-0.05, 0) is 41.3 Å². The average molecular weight is 344 g/mol. The molecule has 0 spiro atoms. The third-order valence-corrected chi connectivity index (χ3v) is 3.90. The lowest BCUT2D eigenvalue weighted by atomic mass is 9.99. The third-order valence-electron chi connectivity index (χ3n) is 3.90. The van der Waals surface area contributed by atoms with E-state index in [1.807, 2.05) is 31.2 Å². The number of halogens is 2. The van der Waals surface area contributed by atoms with E-state index in [-0.39, 0.29) is 12.4 Å². The van der Waals surface area contributed by atoms with Crippen LogP contribution < -0.4 is 4.74 Å². The van der Waals surface area contributed by atoms with Crippen LogP contribution >= 0.6 is 0 Å². The Morgan fingerprint density at radius 2 is 1.88 bits per heavy atom. The molecule has 0 fully saturated rings. The number of aryl methyl sites for hydroxylation is 1. The van der Waals surface area contributed by atoms with Gasteiger partial charge in [-0.25, -0.2) is 0 Å². The number of rotatable bonds is 6. The summed E-state index contributed by atoms with van der Waals surface area (Å²) in [6, 6.07) is 12.9. The van der Waals surface area contributed by atoms with Gasteiger partial charge in [-0.15, -0.1) is 0 Å². The van der Waals surface area contributed by atoms with E-state index in [0.29, 0.717) is 6.54 Å². The van der Waals surface area contributed by atoms with Gasteiger partial charge in [-0.3, -0.25) is 4.68 Å². The quantitative estimate of drug-likeness (QED) is 0.735. The summed E-state index contributed by atoms with van der Waals surface area (Å²) in [5.41, 5.74) is 4.69. The predicted octanol–water partition coefficient (Wildman–Crippen LogP) is 4.00. The average Bonchev–Trinajstić information content (AvgIpc) is 3.03. The van der Waals surface area contributed by atoms with E-state index in [1.165, 1.54) is 0 Å². The zero-order valence-corrected chi connectivity index (χ0v) is 13.7. The summed E-state index contributed by atoms with van der Waals surface area (Å²) >= 11 is 0. The van der Waals surface area contributed by atoms with Crippen LogP contribution in [0.4, 0.5) is 8.78 Å². The Balaban J connectivity index is 1.75. The highest BCUT2D eigenvalue weighted by atomic mass is 19.3. The molecule has 6 heteroatoms. The van der Waals surface area contributed by atoms with E-state index in [4.69, 9.17) is 5.11 Å². The lowest BCUT2D eigenvalue weighted by Gasteiger charge is -2.10. The number of hydrogen-bond acceptors (Lipinski definition) is 3. The molecule has 1 heterocycles. The fourth-order valence-corrected chi connectivity index (χ4v) is 2.69. The fourth-order valence-electron chi connectivity index (χ4n) is 2.69. The molecule has 0 aliphatic carbocycles. The molecule has 0 radical (unpaired) electrons. The minimum absolute atomic E-state index is 0.0243. The lowest BCUT2D eigenvalue weighted by Crippen LogP contribution is -2.02. The van der Waals surface area contributed by atoms with Crippen LogP contribution in [0.3, 0.4) is 0 Å². The van der Waals surface area contributed by atoms with Gasteiger partial charge < -0.3 is 9.84 Å². The van der Waals surface area contributed by atoms with Crippen LogP contribution in [0.15, 0.2) is 54.9 Å². The first-order valence-electron chi connectivity index (χ1n) is 7.82. The van der Waals surface area contributed by atoms with Crippen LogP contribution in [0.5, 0.6) is 5.75 Å². The highest BCUT2D eigenvalue weighted by molar-refractivity contribution is 5.68. The molecule has 0 saturated carbocycles. The predicted molar refractivity (Wildman–Crippen MR) is 90.5 cm³/mol. The minimum atomic E-state index is -2.82. The Morgan fingerprint density at radius 1 is 1.12 bits per heavy atom. The second-order valence-corrected chi connectivity index (χ2v) is 5.76. The summed E-state index contributed by atoms with van der Waals surface area (Å²) in [5, 5.41) is 13.3. The maximum Gasteiger partial charge on any atom is 0.387 e. The van der Waals surface area contributed by atoms with E-state index in [0.717, 1.165) is 27.8 Å². The monoisotopic (exact) mass is 344 g/mol. The number of aliphatic hydroxyl groups excluding tert-OH is 1. The summed E-state index contributed by atoms with van der Waals surface area (Å²) in [4.78, 5) is 0. The molecule has 25 heavy (non-hydrogen) atoms. The van der Waals surface area contributed by atoms with Crippen molar-refractivity contribution in [3.8, 4) is 16.9 Å². The van der Waals surface area contributed by atoms with Gasteiger partial charge in [0.25, 0.3) is 0 Å². The van der Waals surface area contributed by atoms with Gasteiger partial charge in [0.15, 0.2) is 0 Å². The molecule has 1 aromatic heterocycles. The van der Waals surface area contributed by atoms with E-state index in [9.17, 15) is 8.78 Å². The Hall–Kier alpha value is -2.73. The zero-order chi connectivity index (χ0) is 17.8. The smallest absolute Gasteiger partial charge is 0.387 e. The number of benzene rings is 2. The standard InChI is InChI=1S/C19H18F2N2O2/c1-13-8-17(25-19(20)21)6-7-18(13)16-4-2-14(3-5-16)10-23-11-15(12-24)9-22-23/h2-9,11,19,24H,10,12H2,1H3. The van der Waals surface area contributed by atoms with Gasteiger partial charge in [-0.1, -0.05) is 30.3 Å². The maximum absolute atomic E-state index is 12.3. The molecule has 4 nitrogen and oxygen atoms in total. The number of aromatic nitrogens is 2. The zero-order valence-electron chi connectivity index (χ0n) is 13.7. The molecule has 0 aliphatic heterocycles. The van der Waals surface area contributed by atoms with Crippen LogP contribution in [0, 0.1) is 6.92 Å². The molecule has 2 aromatic carbocycles. The largest absolute Gasteiger partial charge is 0.435 e. The molecule has 0 atom stereocenters. The van der Waals surface area contributed by atoms with E-state index < -0.39 is 6.61 Å². The fraction of sp³-hybridized carbons (Fsp3) is 0.211. The maximum atomic E-state index is 12.3. The van der Waals surface area contributed by atoms with Crippen LogP contribution in [0.1, 0.15) is 16.7 Å². The SMILES string of the molecule is Cc1cc(OC(F)F)ccc1-c1ccc(Cn2cc(CO)cn2)cc1. The second-order valence-electron chi connectivity index (χ2n) is 5.76. The highest BCUT2D eigenvalue weighted by Gasteiger charge is 2.08. The highest BCUT2D eigenvalue weighted by Crippen LogP contribution is 2.28. The molecule has 130 valence electrons. The minimum Gasteiger partial charge on any atom is -0.435 e. The normalized spacial score (nSPS) is 11.1. The Kier molecular flexibility index (Phi) is 5.09. The second kappa shape index (κ2) is 7.44.